The fourth-order valence-electron chi connectivity index (χ4n) is 2.37. The highest BCUT2D eigenvalue weighted by molar-refractivity contribution is 6.62. The fourth-order valence-corrected chi connectivity index (χ4v) is 2.37. The van der Waals surface area contributed by atoms with Crippen LogP contribution in [0.1, 0.15) is 47.1 Å². The largest absolute Gasteiger partial charge is 0.494 e. The highest BCUT2D eigenvalue weighted by Crippen LogP contribution is 2.36. The van der Waals surface area contributed by atoms with E-state index in [0.29, 0.717) is 0 Å². The Bertz CT molecular complexity index is 584. The number of benzene rings is 1. The topological polar surface area (TPSA) is 59.6 Å². The molecule has 2 amide bonds. The molecule has 6 heteroatoms. The van der Waals surface area contributed by atoms with Gasteiger partial charge in [0.25, 0.3) is 0 Å². The number of aryl methyl sites for hydroxylation is 1. The second-order valence-electron chi connectivity index (χ2n) is 7.42. The molecule has 0 spiro atoms. The third-order valence-corrected chi connectivity index (χ3v) is 4.44. The summed E-state index contributed by atoms with van der Waals surface area (Å²) >= 11 is 0. The monoisotopic (exact) mass is 318 g/mol. The van der Waals surface area contributed by atoms with Crippen molar-refractivity contribution in [1.82, 2.24) is 5.32 Å². The predicted molar refractivity (Wildman–Crippen MR) is 94.2 cm³/mol. The molecule has 1 aromatic carbocycles. The minimum Gasteiger partial charge on any atom is -0.399 e. The van der Waals surface area contributed by atoms with E-state index in [2.05, 4.69) is 10.6 Å². The van der Waals surface area contributed by atoms with E-state index in [1.54, 1.807) is 0 Å². The molecule has 0 radical (unpaired) electrons. The molecule has 126 valence electrons. The van der Waals surface area contributed by atoms with E-state index in [1.807, 2.05) is 66.7 Å². The predicted octanol–water partition coefficient (Wildman–Crippen LogP) is 2.82. The van der Waals surface area contributed by atoms with E-state index < -0.39 is 7.12 Å². The highest BCUT2D eigenvalue weighted by Gasteiger charge is 2.51. The van der Waals surface area contributed by atoms with Crippen LogP contribution in [0.5, 0.6) is 0 Å². The van der Waals surface area contributed by atoms with Crippen molar-refractivity contribution in [3.8, 4) is 0 Å². The third kappa shape index (κ3) is 3.87. The summed E-state index contributed by atoms with van der Waals surface area (Å²) in [5, 5.41) is 5.67. The number of carbonyl (C=O) groups is 1. The number of anilines is 1. The molecule has 1 aromatic rings. The van der Waals surface area contributed by atoms with Crippen molar-refractivity contribution in [2.75, 3.05) is 5.32 Å². The SMILES string of the molecule is Cc1cc(B2OC(C)(C)C(C)(C)O2)ccc1NC(=O)NC(C)C. The van der Waals surface area contributed by atoms with Gasteiger partial charge in [0.1, 0.15) is 0 Å². The normalized spacial score (nSPS) is 19.0. The number of urea groups is 1. The lowest BCUT2D eigenvalue weighted by Crippen LogP contribution is -2.41. The summed E-state index contributed by atoms with van der Waals surface area (Å²) in [6.45, 7) is 13.9. The first-order chi connectivity index (χ1) is 10.5. The first kappa shape index (κ1) is 17.8. The molecule has 2 rings (SSSR count). The van der Waals surface area contributed by atoms with E-state index in [-0.39, 0.29) is 23.3 Å². The molecular weight excluding hydrogens is 291 g/mol. The molecule has 2 N–H and O–H groups in total. The Morgan fingerprint density at radius 3 is 2.17 bits per heavy atom. The molecular formula is C17H27BN2O3. The van der Waals surface area contributed by atoms with E-state index in [4.69, 9.17) is 9.31 Å². The average molecular weight is 318 g/mol. The van der Waals surface area contributed by atoms with Gasteiger partial charge in [-0.1, -0.05) is 12.1 Å². The number of rotatable bonds is 3. The number of hydrogen-bond acceptors (Lipinski definition) is 3. The number of nitrogens with one attached hydrogen (secondary N) is 2. The second-order valence-corrected chi connectivity index (χ2v) is 7.42. The maximum Gasteiger partial charge on any atom is 0.494 e. The molecule has 5 nitrogen and oxygen atoms in total. The number of amides is 2. The molecule has 0 unspecified atom stereocenters. The Balaban J connectivity index is 2.13. The fraction of sp³-hybridized carbons (Fsp3) is 0.588. The van der Waals surface area contributed by atoms with Crippen molar-refractivity contribution >= 4 is 24.3 Å². The smallest absolute Gasteiger partial charge is 0.399 e. The standard InChI is InChI=1S/C17H27BN2O3/c1-11(2)19-15(21)20-14-9-8-13(10-12(14)3)18-22-16(4,5)17(6,7)23-18/h8-11H,1-7H3,(H2,19,20,21). The van der Waals surface area contributed by atoms with Crippen molar-refractivity contribution in [3.63, 3.8) is 0 Å². The lowest BCUT2D eigenvalue weighted by Gasteiger charge is -2.32. The van der Waals surface area contributed by atoms with Crippen molar-refractivity contribution < 1.29 is 14.1 Å². The highest BCUT2D eigenvalue weighted by atomic mass is 16.7. The van der Waals surface area contributed by atoms with E-state index in [1.165, 1.54) is 0 Å². The van der Waals surface area contributed by atoms with E-state index >= 15 is 0 Å². The molecule has 1 fully saturated rings. The first-order valence-electron chi connectivity index (χ1n) is 8.05. The molecule has 0 aliphatic carbocycles. The minimum absolute atomic E-state index is 0.0966. The van der Waals surface area contributed by atoms with E-state index in [0.717, 1.165) is 16.7 Å². The van der Waals surface area contributed by atoms with Crippen LogP contribution in [0.15, 0.2) is 18.2 Å². The van der Waals surface area contributed by atoms with Crippen molar-refractivity contribution in [2.24, 2.45) is 0 Å². The van der Waals surface area contributed by atoms with Crippen LogP contribution in [0, 0.1) is 6.92 Å². The zero-order valence-corrected chi connectivity index (χ0v) is 15.1. The lowest BCUT2D eigenvalue weighted by molar-refractivity contribution is 0.00578. The molecule has 1 heterocycles. The summed E-state index contributed by atoms with van der Waals surface area (Å²) < 4.78 is 12.1. The van der Waals surface area contributed by atoms with Gasteiger partial charge in [-0.3, -0.25) is 0 Å². The quantitative estimate of drug-likeness (QED) is 0.843. The van der Waals surface area contributed by atoms with Crippen LogP contribution >= 0.6 is 0 Å². The third-order valence-electron chi connectivity index (χ3n) is 4.44. The molecule has 0 saturated carbocycles. The number of carbonyl (C=O) groups excluding carboxylic acids is 1. The lowest BCUT2D eigenvalue weighted by atomic mass is 9.78. The Hall–Kier alpha value is -1.53. The van der Waals surface area contributed by atoms with Crippen LogP contribution in [0.4, 0.5) is 10.5 Å². The summed E-state index contributed by atoms with van der Waals surface area (Å²) in [6, 6.07) is 5.70. The zero-order valence-electron chi connectivity index (χ0n) is 15.1. The van der Waals surface area contributed by atoms with Crippen LogP contribution in [-0.2, 0) is 9.31 Å². The summed E-state index contributed by atoms with van der Waals surface area (Å²) in [5.74, 6) is 0. The molecule has 0 aromatic heterocycles. The molecule has 1 aliphatic rings. The van der Waals surface area contributed by atoms with Gasteiger partial charge >= 0.3 is 13.1 Å². The van der Waals surface area contributed by atoms with Crippen LogP contribution in [0.25, 0.3) is 0 Å². The summed E-state index contributed by atoms with van der Waals surface area (Å²) in [4.78, 5) is 11.8. The Labute approximate surface area is 139 Å². The maximum absolute atomic E-state index is 11.8. The van der Waals surface area contributed by atoms with Crippen LogP contribution in [-0.4, -0.2) is 30.4 Å². The summed E-state index contributed by atoms with van der Waals surface area (Å²) in [7, 11) is -0.391. The van der Waals surface area contributed by atoms with Gasteiger partial charge < -0.3 is 19.9 Å². The molecule has 0 atom stereocenters. The second kappa shape index (κ2) is 6.17. The molecule has 1 saturated heterocycles. The first-order valence-corrected chi connectivity index (χ1v) is 8.05. The Kier molecular flexibility index (Phi) is 4.78. The van der Waals surface area contributed by atoms with Crippen LogP contribution in [0.2, 0.25) is 0 Å². The minimum atomic E-state index is -0.391. The van der Waals surface area contributed by atoms with Crippen LogP contribution in [0.3, 0.4) is 0 Å². The maximum atomic E-state index is 11.8. The van der Waals surface area contributed by atoms with Crippen LogP contribution < -0.4 is 16.1 Å². The van der Waals surface area contributed by atoms with Gasteiger partial charge in [-0.15, -0.1) is 0 Å². The number of hydrogen-bond donors (Lipinski definition) is 2. The van der Waals surface area contributed by atoms with Gasteiger partial charge in [-0.2, -0.15) is 0 Å². The van der Waals surface area contributed by atoms with Crippen molar-refractivity contribution in [2.45, 2.75) is 65.7 Å². The summed E-state index contributed by atoms with van der Waals surface area (Å²) in [6.07, 6.45) is 0. The van der Waals surface area contributed by atoms with Gasteiger partial charge in [0, 0.05) is 11.7 Å². The van der Waals surface area contributed by atoms with E-state index in [9.17, 15) is 4.79 Å². The Morgan fingerprint density at radius 1 is 1.13 bits per heavy atom. The average Bonchev–Trinajstić information content (AvgIpc) is 2.60. The van der Waals surface area contributed by atoms with Gasteiger partial charge in [-0.05, 0) is 65.6 Å². The molecule has 0 bridgehead atoms. The van der Waals surface area contributed by atoms with Crippen molar-refractivity contribution in [3.05, 3.63) is 23.8 Å². The molecule has 23 heavy (non-hydrogen) atoms. The van der Waals surface area contributed by atoms with Gasteiger partial charge in [0.05, 0.1) is 11.2 Å². The van der Waals surface area contributed by atoms with Crippen molar-refractivity contribution in [1.29, 1.82) is 0 Å². The van der Waals surface area contributed by atoms with Gasteiger partial charge in [-0.25, -0.2) is 4.79 Å². The van der Waals surface area contributed by atoms with Gasteiger partial charge in [0.15, 0.2) is 0 Å². The summed E-state index contributed by atoms with van der Waals surface area (Å²) in [5.41, 5.74) is 1.98. The van der Waals surface area contributed by atoms with Gasteiger partial charge in [0.2, 0.25) is 0 Å². The zero-order chi connectivity index (χ0) is 17.4. The molecule has 1 aliphatic heterocycles. The Morgan fingerprint density at radius 2 is 1.70 bits per heavy atom.